The Kier molecular flexibility index (Phi) is 8.21. The van der Waals surface area contributed by atoms with Crippen LogP contribution in [0.25, 0.3) is 0 Å². The summed E-state index contributed by atoms with van der Waals surface area (Å²) in [5.74, 6) is 0.127. The number of aryl methyl sites for hydroxylation is 1. The van der Waals surface area contributed by atoms with Crippen molar-refractivity contribution >= 4 is 0 Å². The summed E-state index contributed by atoms with van der Waals surface area (Å²) >= 11 is 0. The maximum atomic E-state index is 10.6. The minimum absolute atomic E-state index is 0.127. The topological polar surface area (TPSA) is 190 Å². The summed E-state index contributed by atoms with van der Waals surface area (Å²) in [7, 11) is 0. The van der Waals surface area contributed by atoms with Crippen LogP contribution in [0, 0.1) is 0 Å². The van der Waals surface area contributed by atoms with Gasteiger partial charge in [0.2, 0.25) is 0 Å². The summed E-state index contributed by atoms with van der Waals surface area (Å²) in [5.41, 5.74) is 0.878. The minimum atomic E-state index is -1.70. The number of phenolic OH excluding ortho intramolecular Hbond substituents is 1. The number of aromatic hydroxyl groups is 1. The van der Waals surface area contributed by atoms with Gasteiger partial charge in [0.15, 0.2) is 6.29 Å². The highest BCUT2D eigenvalue weighted by molar-refractivity contribution is 5.26. The standard InChI is InChI=1S/C20H30O11/c21-7-12-15(25)16(26)18(28)20(30-12)31-19-13(8-22)29-11(14(24)17(19)27)6-3-9-1-4-10(23)5-2-9/h1-2,4-5,11-28H,3,6-8H2/t11-,12-,13-,14+,15+,16+,17-,18-,19-,20+/m1/s1. The Balaban J connectivity index is 1.65. The van der Waals surface area contributed by atoms with E-state index in [1.807, 2.05) is 0 Å². The lowest BCUT2D eigenvalue weighted by Crippen LogP contribution is -2.64. The molecular weight excluding hydrogens is 416 g/mol. The van der Waals surface area contributed by atoms with Gasteiger partial charge in [0.1, 0.15) is 54.6 Å². The van der Waals surface area contributed by atoms with Crippen molar-refractivity contribution in [3.8, 4) is 5.75 Å². The molecule has 3 rings (SSSR count). The van der Waals surface area contributed by atoms with E-state index in [-0.39, 0.29) is 5.75 Å². The van der Waals surface area contributed by atoms with Gasteiger partial charge >= 0.3 is 0 Å². The molecule has 0 saturated carbocycles. The molecule has 176 valence electrons. The van der Waals surface area contributed by atoms with Gasteiger partial charge in [-0.15, -0.1) is 0 Å². The third kappa shape index (κ3) is 5.34. The van der Waals surface area contributed by atoms with Gasteiger partial charge in [-0.25, -0.2) is 0 Å². The fourth-order valence-corrected chi connectivity index (χ4v) is 3.88. The van der Waals surface area contributed by atoms with Gasteiger partial charge in [0.25, 0.3) is 0 Å². The monoisotopic (exact) mass is 446 g/mol. The van der Waals surface area contributed by atoms with E-state index in [2.05, 4.69) is 0 Å². The van der Waals surface area contributed by atoms with Gasteiger partial charge in [0, 0.05) is 0 Å². The first kappa shape index (κ1) is 24.3. The summed E-state index contributed by atoms with van der Waals surface area (Å²) in [6.45, 7) is -1.22. The second-order valence-corrected chi connectivity index (χ2v) is 7.88. The van der Waals surface area contributed by atoms with E-state index < -0.39 is 74.4 Å². The molecule has 2 aliphatic rings. The molecule has 0 unspecified atom stereocenters. The number of benzene rings is 1. The second kappa shape index (κ2) is 10.5. The molecule has 8 N–H and O–H groups in total. The van der Waals surface area contributed by atoms with Crippen molar-refractivity contribution in [2.75, 3.05) is 13.2 Å². The molecule has 0 radical (unpaired) electrons. The molecule has 11 nitrogen and oxygen atoms in total. The largest absolute Gasteiger partial charge is 0.508 e. The highest BCUT2D eigenvalue weighted by Gasteiger charge is 2.50. The minimum Gasteiger partial charge on any atom is -0.508 e. The normalized spacial score (nSPS) is 41.3. The van der Waals surface area contributed by atoms with Gasteiger partial charge in [0.05, 0.1) is 19.3 Å². The van der Waals surface area contributed by atoms with Crippen LogP contribution in [0.15, 0.2) is 24.3 Å². The van der Waals surface area contributed by atoms with E-state index in [4.69, 9.17) is 14.2 Å². The van der Waals surface area contributed by atoms with Crippen LogP contribution in [-0.2, 0) is 20.6 Å². The van der Waals surface area contributed by atoms with Gasteiger partial charge in [-0.1, -0.05) is 12.1 Å². The Labute approximate surface area is 178 Å². The third-order valence-electron chi connectivity index (χ3n) is 5.76. The Morgan fingerprint density at radius 1 is 0.710 bits per heavy atom. The molecule has 0 amide bonds. The fourth-order valence-electron chi connectivity index (χ4n) is 3.88. The van der Waals surface area contributed by atoms with Gasteiger partial charge in [-0.3, -0.25) is 0 Å². The van der Waals surface area contributed by atoms with Crippen molar-refractivity contribution < 1.29 is 55.1 Å². The molecule has 2 saturated heterocycles. The van der Waals surface area contributed by atoms with E-state index >= 15 is 0 Å². The third-order valence-corrected chi connectivity index (χ3v) is 5.76. The van der Waals surface area contributed by atoms with Crippen molar-refractivity contribution in [1.82, 2.24) is 0 Å². The summed E-state index contributed by atoms with van der Waals surface area (Å²) in [5, 5.41) is 79.4. The van der Waals surface area contributed by atoms with E-state index in [0.29, 0.717) is 12.8 Å². The second-order valence-electron chi connectivity index (χ2n) is 7.88. The highest BCUT2D eigenvalue weighted by Crippen LogP contribution is 2.30. The molecule has 11 heteroatoms. The van der Waals surface area contributed by atoms with Crippen molar-refractivity contribution in [3.05, 3.63) is 29.8 Å². The van der Waals surface area contributed by atoms with E-state index in [1.54, 1.807) is 12.1 Å². The van der Waals surface area contributed by atoms with Crippen molar-refractivity contribution in [3.63, 3.8) is 0 Å². The lowest BCUT2D eigenvalue weighted by molar-refractivity contribution is -0.342. The number of aliphatic hydroxyl groups excluding tert-OH is 7. The van der Waals surface area contributed by atoms with Gasteiger partial charge in [-0.05, 0) is 30.5 Å². The number of ether oxygens (including phenoxy) is 3. The van der Waals surface area contributed by atoms with Crippen LogP contribution in [0.4, 0.5) is 0 Å². The molecule has 1 aromatic carbocycles. The highest BCUT2D eigenvalue weighted by atomic mass is 16.7. The van der Waals surface area contributed by atoms with E-state index in [0.717, 1.165) is 5.56 Å². The summed E-state index contributed by atoms with van der Waals surface area (Å²) in [6.07, 6.45) is -13.0. The van der Waals surface area contributed by atoms with Crippen LogP contribution in [0.1, 0.15) is 12.0 Å². The first-order chi connectivity index (χ1) is 14.8. The van der Waals surface area contributed by atoms with Crippen LogP contribution in [0.3, 0.4) is 0 Å². The molecule has 31 heavy (non-hydrogen) atoms. The molecule has 10 atom stereocenters. The number of rotatable bonds is 7. The molecule has 2 aliphatic heterocycles. The van der Waals surface area contributed by atoms with Crippen molar-refractivity contribution in [1.29, 1.82) is 0 Å². The number of aliphatic hydroxyl groups is 7. The first-order valence-corrected chi connectivity index (χ1v) is 10.1. The molecule has 2 fully saturated rings. The predicted molar refractivity (Wildman–Crippen MR) is 103 cm³/mol. The van der Waals surface area contributed by atoms with Crippen LogP contribution in [0.5, 0.6) is 5.75 Å². The molecule has 0 aliphatic carbocycles. The van der Waals surface area contributed by atoms with Crippen LogP contribution in [0.2, 0.25) is 0 Å². The van der Waals surface area contributed by atoms with Crippen molar-refractivity contribution in [2.24, 2.45) is 0 Å². The number of hydrogen-bond acceptors (Lipinski definition) is 11. The Morgan fingerprint density at radius 2 is 1.32 bits per heavy atom. The molecular formula is C20H30O11. The Morgan fingerprint density at radius 3 is 1.94 bits per heavy atom. The first-order valence-electron chi connectivity index (χ1n) is 10.1. The number of phenols is 1. The van der Waals surface area contributed by atoms with Crippen LogP contribution >= 0.6 is 0 Å². The maximum absolute atomic E-state index is 10.6. The fraction of sp³-hybridized carbons (Fsp3) is 0.700. The summed E-state index contributed by atoms with van der Waals surface area (Å²) in [6, 6.07) is 6.50. The number of hydrogen-bond donors (Lipinski definition) is 8. The quantitative estimate of drug-likeness (QED) is 0.213. The predicted octanol–water partition coefficient (Wildman–Crippen LogP) is -3.01. The maximum Gasteiger partial charge on any atom is 0.187 e. The van der Waals surface area contributed by atoms with Crippen LogP contribution in [-0.4, -0.2) is 115 Å². The zero-order valence-electron chi connectivity index (χ0n) is 16.7. The van der Waals surface area contributed by atoms with Gasteiger partial charge in [-0.2, -0.15) is 0 Å². The molecule has 2 heterocycles. The van der Waals surface area contributed by atoms with Gasteiger partial charge < -0.3 is 55.1 Å². The zero-order chi connectivity index (χ0) is 22.7. The summed E-state index contributed by atoms with van der Waals surface area (Å²) in [4.78, 5) is 0. The van der Waals surface area contributed by atoms with E-state index in [1.165, 1.54) is 12.1 Å². The lowest BCUT2D eigenvalue weighted by Gasteiger charge is -2.46. The van der Waals surface area contributed by atoms with Crippen molar-refractivity contribution in [2.45, 2.75) is 74.1 Å². The Bertz CT molecular complexity index is 682. The molecule has 0 bridgehead atoms. The summed E-state index contributed by atoms with van der Waals surface area (Å²) < 4.78 is 16.5. The smallest absolute Gasteiger partial charge is 0.187 e. The van der Waals surface area contributed by atoms with Crippen LogP contribution < -0.4 is 0 Å². The molecule has 1 aromatic rings. The molecule has 0 aromatic heterocycles. The average Bonchev–Trinajstić information content (AvgIpc) is 2.77. The zero-order valence-corrected chi connectivity index (χ0v) is 16.7. The lowest BCUT2D eigenvalue weighted by atomic mass is 9.91. The van der Waals surface area contributed by atoms with E-state index in [9.17, 15) is 40.9 Å². The molecule has 0 spiro atoms. The SMILES string of the molecule is OC[C@H]1O[C@@H](O[C@H]2[C@H](O)[C@@H](O)[C@@H](CCc3ccc(O)cc3)O[C@@H]2CO)[C@H](O)[C@@H](O)[C@H]1O. The Hall–Kier alpha value is -1.38. The average molecular weight is 446 g/mol.